The maximum Gasteiger partial charge on any atom is 0.264 e. The normalized spacial score (nSPS) is 16.7. The van der Waals surface area contributed by atoms with Gasteiger partial charge in [-0.3, -0.25) is 9.10 Å². The number of anilines is 1. The monoisotopic (exact) mass is 395 g/mol. The molecule has 1 aliphatic heterocycles. The number of halogens is 1. The summed E-state index contributed by atoms with van der Waals surface area (Å²) in [7, 11) is -3.97. The van der Waals surface area contributed by atoms with E-state index in [1.54, 1.807) is 54.6 Å². The van der Waals surface area contributed by atoms with Crippen LogP contribution in [0.4, 0.5) is 10.1 Å². The Balaban J connectivity index is 1.94. The topological polar surface area (TPSA) is 54.5 Å². The lowest BCUT2D eigenvalue weighted by Crippen LogP contribution is -2.40. The van der Waals surface area contributed by atoms with Gasteiger partial charge >= 0.3 is 0 Å². The summed E-state index contributed by atoms with van der Waals surface area (Å²) >= 11 is 0. The smallest absolute Gasteiger partial charge is 0.264 e. The van der Waals surface area contributed by atoms with Crippen molar-refractivity contribution in [3.8, 4) is 0 Å². The summed E-state index contributed by atoms with van der Waals surface area (Å²) in [5, 5.41) is 0. The third-order valence-corrected chi connectivity index (χ3v) is 6.75. The Hall–Kier alpha value is -2.99. The van der Waals surface area contributed by atoms with Crippen LogP contribution >= 0.6 is 0 Å². The zero-order chi connectivity index (χ0) is 19.9. The molecule has 0 spiro atoms. The number of rotatable bonds is 3. The lowest BCUT2D eigenvalue weighted by molar-refractivity contribution is 0.0969. The van der Waals surface area contributed by atoms with Crippen LogP contribution in [0, 0.1) is 12.7 Å². The molecule has 0 aromatic heterocycles. The number of sulfonamides is 1. The quantitative estimate of drug-likeness (QED) is 0.648. The van der Waals surface area contributed by atoms with Gasteiger partial charge in [-0.25, -0.2) is 12.8 Å². The van der Waals surface area contributed by atoms with Crippen molar-refractivity contribution in [2.45, 2.75) is 24.3 Å². The number of nitrogens with zero attached hydrogens (tertiary/aromatic N) is 1. The minimum absolute atomic E-state index is 0.0500. The Labute approximate surface area is 163 Å². The minimum atomic E-state index is -3.97. The molecule has 4 nitrogen and oxygen atoms in total. The number of para-hydroxylation sites is 1. The van der Waals surface area contributed by atoms with Gasteiger partial charge in [-0.1, -0.05) is 42.0 Å². The second kappa shape index (κ2) is 6.87. The van der Waals surface area contributed by atoms with Gasteiger partial charge in [-0.2, -0.15) is 0 Å². The van der Waals surface area contributed by atoms with Gasteiger partial charge in [0.1, 0.15) is 5.82 Å². The zero-order valence-electron chi connectivity index (χ0n) is 15.2. The average Bonchev–Trinajstić information content (AvgIpc) is 2.68. The number of Topliss-reactive ketones (excluding diaryl/α,β-unsaturated/α-hetero) is 1. The van der Waals surface area contributed by atoms with Gasteiger partial charge < -0.3 is 0 Å². The SMILES string of the molecule is Cc1ccc(S(=O)(=O)N2c3ccccc3C(=O)C[C@H]2c2cccc(F)c2)cc1. The number of ketones is 1. The predicted octanol–water partition coefficient (Wildman–Crippen LogP) is 4.66. The van der Waals surface area contributed by atoms with Gasteiger partial charge in [-0.05, 0) is 48.9 Å². The van der Waals surface area contributed by atoms with Crippen LogP contribution in [-0.2, 0) is 10.0 Å². The molecule has 3 aromatic carbocycles. The van der Waals surface area contributed by atoms with Gasteiger partial charge in [0.2, 0.25) is 0 Å². The van der Waals surface area contributed by atoms with Gasteiger partial charge in [0.15, 0.2) is 5.78 Å². The van der Waals surface area contributed by atoms with E-state index >= 15 is 0 Å². The summed E-state index contributed by atoms with van der Waals surface area (Å²) in [6.45, 7) is 1.88. The number of aryl methyl sites for hydroxylation is 1. The van der Waals surface area contributed by atoms with Gasteiger partial charge in [0.25, 0.3) is 10.0 Å². The Morgan fingerprint density at radius 3 is 2.39 bits per heavy atom. The molecule has 1 aliphatic rings. The molecule has 142 valence electrons. The van der Waals surface area contributed by atoms with Crippen molar-refractivity contribution < 1.29 is 17.6 Å². The van der Waals surface area contributed by atoms with Crippen molar-refractivity contribution >= 4 is 21.5 Å². The Kier molecular flexibility index (Phi) is 4.51. The first-order valence-corrected chi connectivity index (χ1v) is 10.3. The molecule has 0 bridgehead atoms. The number of fused-ring (bicyclic) bond motifs is 1. The number of benzene rings is 3. The fourth-order valence-electron chi connectivity index (χ4n) is 3.53. The Morgan fingerprint density at radius 2 is 1.68 bits per heavy atom. The van der Waals surface area contributed by atoms with E-state index in [-0.39, 0.29) is 17.1 Å². The minimum Gasteiger partial charge on any atom is -0.294 e. The predicted molar refractivity (Wildman–Crippen MR) is 105 cm³/mol. The van der Waals surface area contributed by atoms with Gasteiger partial charge in [0.05, 0.1) is 16.6 Å². The standard InChI is InChI=1S/C22H18FNO3S/c1-15-9-11-18(12-10-15)28(26,27)24-20-8-3-2-7-19(20)22(25)14-21(24)16-5-4-6-17(23)13-16/h2-13,21H,14H2,1H3/t21-/m0/s1. The molecule has 28 heavy (non-hydrogen) atoms. The highest BCUT2D eigenvalue weighted by molar-refractivity contribution is 7.92. The molecule has 6 heteroatoms. The fourth-order valence-corrected chi connectivity index (χ4v) is 5.18. The lowest BCUT2D eigenvalue weighted by Gasteiger charge is -2.37. The molecule has 0 aliphatic carbocycles. The van der Waals surface area contributed by atoms with Crippen LogP contribution in [0.25, 0.3) is 0 Å². The van der Waals surface area contributed by atoms with Crippen LogP contribution in [0.2, 0.25) is 0 Å². The molecule has 4 rings (SSSR count). The van der Waals surface area contributed by atoms with E-state index in [2.05, 4.69) is 0 Å². The summed E-state index contributed by atoms with van der Waals surface area (Å²) in [5.41, 5.74) is 2.05. The summed E-state index contributed by atoms with van der Waals surface area (Å²) < 4.78 is 42.2. The molecule has 1 atom stereocenters. The van der Waals surface area contributed by atoms with E-state index in [0.29, 0.717) is 16.8 Å². The third-order valence-electron chi connectivity index (χ3n) is 4.91. The van der Waals surface area contributed by atoms with Crippen LogP contribution in [0.15, 0.2) is 77.7 Å². The molecule has 0 amide bonds. The molecular formula is C22H18FNO3S. The van der Waals surface area contributed by atoms with Crippen molar-refractivity contribution in [2.24, 2.45) is 0 Å². The highest BCUT2D eigenvalue weighted by Crippen LogP contribution is 2.42. The lowest BCUT2D eigenvalue weighted by atomic mass is 9.92. The molecule has 0 unspecified atom stereocenters. The largest absolute Gasteiger partial charge is 0.294 e. The molecule has 3 aromatic rings. The highest BCUT2D eigenvalue weighted by atomic mass is 32.2. The first-order chi connectivity index (χ1) is 13.4. The van der Waals surface area contributed by atoms with Crippen molar-refractivity contribution in [1.82, 2.24) is 0 Å². The van der Waals surface area contributed by atoms with E-state index < -0.39 is 21.9 Å². The second-order valence-electron chi connectivity index (χ2n) is 6.83. The number of carbonyl (C=O) groups excluding carboxylic acids is 1. The number of carbonyl (C=O) groups is 1. The maximum atomic E-state index is 13.9. The molecule has 0 saturated heterocycles. The highest BCUT2D eigenvalue weighted by Gasteiger charge is 2.40. The summed E-state index contributed by atoms with van der Waals surface area (Å²) in [6, 6.07) is 18.1. The molecule has 0 N–H and O–H groups in total. The summed E-state index contributed by atoms with van der Waals surface area (Å²) in [5.74, 6) is -0.642. The Morgan fingerprint density at radius 1 is 0.964 bits per heavy atom. The molecule has 0 fully saturated rings. The van der Waals surface area contributed by atoms with E-state index in [1.165, 1.54) is 22.5 Å². The Bertz CT molecular complexity index is 1160. The van der Waals surface area contributed by atoms with E-state index in [1.807, 2.05) is 6.92 Å². The first-order valence-electron chi connectivity index (χ1n) is 8.87. The van der Waals surface area contributed by atoms with Crippen molar-refractivity contribution in [3.63, 3.8) is 0 Å². The van der Waals surface area contributed by atoms with Gasteiger partial charge in [-0.15, -0.1) is 0 Å². The first kappa shape index (κ1) is 18.4. The van der Waals surface area contributed by atoms with Crippen LogP contribution in [0.3, 0.4) is 0 Å². The van der Waals surface area contributed by atoms with E-state index in [4.69, 9.17) is 0 Å². The number of hydrogen-bond donors (Lipinski definition) is 0. The van der Waals surface area contributed by atoms with Crippen LogP contribution < -0.4 is 4.31 Å². The number of hydrogen-bond acceptors (Lipinski definition) is 3. The third kappa shape index (κ3) is 3.10. The van der Waals surface area contributed by atoms with Crippen molar-refractivity contribution in [1.29, 1.82) is 0 Å². The van der Waals surface area contributed by atoms with Crippen LogP contribution in [-0.4, -0.2) is 14.2 Å². The van der Waals surface area contributed by atoms with E-state index in [9.17, 15) is 17.6 Å². The molecule has 0 radical (unpaired) electrons. The van der Waals surface area contributed by atoms with Crippen molar-refractivity contribution in [3.05, 3.63) is 95.3 Å². The molecular weight excluding hydrogens is 377 g/mol. The fraction of sp³-hybridized carbons (Fsp3) is 0.136. The molecule has 1 heterocycles. The van der Waals surface area contributed by atoms with Crippen LogP contribution in [0.1, 0.15) is 33.9 Å². The average molecular weight is 395 g/mol. The van der Waals surface area contributed by atoms with E-state index in [0.717, 1.165) is 5.56 Å². The summed E-state index contributed by atoms with van der Waals surface area (Å²) in [6.07, 6.45) is -0.0500. The molecule has 0 saturated carbocycles. The maximum absolute atomic E-state index is 13.9. The summed E-state index contributed by atoms with van der Waals surface area (Å²) in [4.78, 5) is 12.8. The van der Waals surface area contributed by atoms with Crippen molar-refractivity contribution in [2.75, 3.05) is 4.31 Å². The zero-order valence-corrected chi connectivity index (χ0v) is 16.0. The van der Waals surface area contributed by atoms with Crippen LogP contribution in [0.5, 0.6) is 0 Å². The second-order valence-corrected chi connectivity index (χ2v) is 8.64. The van der Waals surface area contributed by atoms with Gasteiger partial charge in [0, 0.05) is 12.0 Å².